The van der Waals surface area contributed by atoms with Crippen molar-refractivity contribution in [3.63, 3.8) is 0 Å². The highest BCUT2D eigenvalue weighted by molar-refractivity contribution is 5.90. The van der Waals surface area contributed by atoms with Crippen LogP contribution in [0.4, 0.5) is 14.9 Å². The highest BCUT2D eigenvalue weighted by Crippen LogP contribution is 2.24. The van der Waals surface area contributed by atoms with Crippen LogP contribution < -0.4 is 15.4 Å². The van der Waals surface area contributed by atoms with Crippen LogP contribution in [0.2, 0.25) is 0 Å². The molecular formula is C21H25FN4O2. The summed E-state index contributed by atoms with van der Waals surface area (Å²) < 4.78 is 18.6. The Hall–Kier alpha value is -3.11. The van der Waals surface area contributed by atoms with Crippen molar-refractivity contribution in [2.75, 3.05) is 32.1 Å². The summed E-state index contributed by atoms with van der Waals surface area (Å²) >= 11 is 0. The van der Waals surface area contributed by atoms with Crippen LogP contribution in [-0.2, 0) is 0 Å². The predicted molar refractivity (Wildman–Crippen MR) is 107 cm³/mol. The normalized spacial score (nSPS) is 11.6. The first kappa shape index (κ1) is 21.2. The molecule has 2 rings (SSSR count). The van der Waals surface area contributed by atoms with E-state index in [4.69, 9.17) is 10.00 Å². The average Bonchev–Trinajstić information content (AvgIpc) is 2.72. The standard InChI is InChI=1S/C21H25FN4O2/c1-4-26(5-2)20(15-7-6-8-18(12-15)28-3)14-24-21(27)25-19-10-9-17(22)11-16(19)13-23/h6-12,20H,4-5,14H2,1-3H3,(H2,24,25,27). The third-order valence-corrected chi connectivity index (χ3v) is 4.54. The SMILES string of the molecule is CCN(CC)C(CNC(=O)Nc1ccc(F)cc1C#N)c1cccc(OC)c1. The van der Waals surface area contributed by atoms with Crippen molar-refractivity contribution < 1.29 is 13.9 Å². The van der Waals surface area contributed by atoms with Gasteiger partial charge in [-0.3, -0.25) is 4.90 Å². The van der Waals surface area contributed by atoms with Crippen molar-refractivity contribution in [3.8, 4) is 11.8 Å². The summed E-state index contributed by atoms with van der Waals surface area (Å²) in [6.45, 7) is 6.13. The van der Waals surface area contributed by atoms with Crippen molar-refractivity contribution in [1.29, 1.82) is 5.26 Å². The molecule has 0 aliphatic carbocycles. The van der Waals surface area contributed by atoms with Crippen LogP contribution in [0.5, 0.6) is 5.75 Å². The van der Waals surface area contributed by atoms with E-state index in [0.717, 1.165) is 30.5 Å². The fourth-order valence-electron chi connectivity index (χ4n) is 3.04. The number of carbonyl (C=O) groups excluding carboxylic acids is 1. The van der Waals surface area contributed by atoms with E-state index in [9.17, 15) is 9.18 Å². The molecular weight excluding hydrogens is 359 g/mol. The van der Waals surface area contributed by atoms with E-state index in [1.165, 1.54) is 12.1 Å². The van der Waals surface area contributed by atoms with E-state index in [-0.39, 0.29) is 17.3 Å². The Morgan fingerprint density at radius 1 is 1.25 bits per heavy atom. The number of nitrogens with one attached hydrogen (secondary N) is 2. The van der Waals surface area contributed by atoms with Gasteiger partial charge < -0.3 is 15.4 Å². The first-order valence-electron chi connectivity index (χ1n) is 9.14. The van der Waals surface area contributed by atoms with Crippen LogP contribution in [0.25, 0.3) is 0 Å². The molecule has 6 nitrogen and oxygen atoms in total. The van der Waals surface area contributed by atoms with Gasteiger partial charge >= 0.3 is 6.03 Å². The number of rotatable bonds is 8. The largest absolute Gasteiger partial charge is 0.497 e. The lowest BCUT2D eigenvalue weighted by molar-refractivity contribution is 0.209. The Kier molecular flexibility index (Phi) is 7.78. The Bertz CT molecular complexity index is 847. The van der Waals surface area contributed by atoms with Gasteiger partial charge in [0.1, 0.15) is 17.6 Å². The molecule has 0 radical (unpaired) electrons. The number of amides is 2. The lowest BCUT2D eigenvalue weighted by Crippen LogP contribution is -2.39. The van der Waals surface area contributed by atoms with E-state index in [0.29, 0.717) is 6.54 Å². The summed E-state index contributed by atoms with van der Waals surface area (Å²) in [4.78, 5) is 14.6. The molecule has 1 unspecified atom stereocenters. The van der Waals surface area contributed by atoms with Gasteiger partial charge in [-0.1, -0.05) is 26.0 Å². The number of halogens is 1. The minimum absolute atomic E-state index is 0.0421. The maximum absolute atomic E-state index is 13.2. The monoisotopic (exact) mass is 384 g/mol. The van der Waals surface area contributed by atoms with Crippen molar-refractivity contribution in [2.24, 2.45) is 0 Å². The molecule has 0 aliphatic heterocycles. The lowest BCUT2D eigenvalue weighted by atomic mass is 10.0. The highest BCUT2D eigenvalue weighted by Gasteiger charge is 2.19. The van der Waals surface area contributed by atoms with Crippen LogP contribution in [0.3, 0.4) is 0 Å². The molecule has 0 saturated carbocycles. The minimum Gasteiger partial charge on any atom is -0.497 e. The molecule has 0 aromatic heterocycles. The second kappa shape index (κ2) is 10.3. The number of hydrogen-bond acceptors (Lipinski definition) is 4. The van der Waals surface area contributed by atoms with E-state index >= 15 is 0 Å². The number of methoxy groups -OCH3 is 1. The summed E-state index contributed by atoms with van der Waals surface area (Å²) in [5.41, 5.74) is 1.37. The smallest absolute Gasteiger partial charge is 0.319 e. The maximum Gasteiger partial charge on any atom is 0.319 e. The number of nitriles is 1. The number of carbonyl (C=O) groups is 1. The molecule has 2 N–H and O–H groups in total. The van der Waals surface area contributed by atoms with E-state index in [2.05, 4.69) is 29.4 Å². The van der Waals surface area contributed by atoms with Crippen molar-refractivity contribution >= 4 is 11.7 Å². The molecule has 2 aromatic carbocycles. The predicted octanol–water partition coefficient (Wildman–Crippen LogP) is 3.91. The van der Waals surface area contributed by atoms with Gasteiger partial charge in [0, 0.05) is 6.54 Å². The van der Waals surface area contributed by atoms with Crippen molar-refractivity contribution in [2.45, 2.75) is 19.9 Å². The van der Waals surface area contributed by atoms with Crippen molar-refractivity contribution in [1.82, 2.24) is 10.2 Å². The molecule has 0 saturated heterocycles. The Labute approximate surface area is 164 Å². The number of nitrogens with zero attached hydrogens (tertiary/aromatic N) is 2. The van der Waals surface area contributed by atoms with E-state index in [1.54, 1.807) is 7.11 Å². The molecule has 2 aromatic rings. The fraction of sp³-hybridized carbons (Fsp3) is 0.333. The van der Waals surface area contributed by atoms with Crippen LogP contribution in [0.15, 0.2) is 42.5 Å². The highest BCUT2D eigenvalue weighted by atomic mass is 19.1. The Morgan fingerprint density at radius 2 is 2.00 bits per heavy atom. The van der Waals surface area contributed by atoms with Crippen LogP contribution in [0, 0.1) is 17.1 Å². The molecule has 148 valence electrons. The van der Waals surface area contributed by atoms with Gasteiger partial charge in [-0.15, -0.1) is 0 Å². The minimum atomic E-state index is -0.526. The summed E-state index contributed by atoms with van der Waals surface area (Å²) in [6, 6.07) is 12.8. The summed E-state index contributed by atoms with van der Waals surface area (Å²) in [5, 5.41) is 14.6. The number of likely N-dealkylation sites (N-methyl/N-ethyl adjacent to an activating group) is 1. The third kappa shape index (κ3) is 5.44. The summed E-state index contributed by atoms with van der Waals surface area (Å²) in [7, 11) is 1.62. The molecule has 7 heteroatoms. The van der Waals surface area contributed by atoms with Gasteiger partial charge in [0.2, 0.25) is 0 Å². The second-order valence-electron chi connectivity index (χ2n) is 6.15. The number of benzene rings is 2. The number of urea groups is 1. The lowest BCUT2D eigenvalue weighted by Gasteiger charge is -2.30. The van der Waals surface area contributed by atoms with Crippen LogP contribution in [-0.4, -0.2) is 37.7 Å². The zero-order valence-corrected chi connectivity index (χ0v) is 16.3. The molecule has 28 heavy (non-hydrogen) atoms. The van der Waals surface area contributed by atoms with E-state index in [1.807, 2.05) is 30.3 Å². The summed E-state index contributed by atoms with van der Waals surface area (Å²) in [6.07, 6.45) is 0. The van der Waals surface area contributed by atoms with Gasteiger partial charge in [-0.2, -0.15) is 5.26 Å². The van der Waals surface area contributed by atoms with Gasteiger partial charge in [0.05, 0.1) is 24.4 Å². The molecule has 0 aliphatic rings. The van der Waals surface area contributed by atoms with Crippen molar-refractivity contribution in [3.05, 3.63) is 59.4 Å². The molecule has 0 bridgehead atoms. The summed E-state index contributed by atoms with van der Waals surface area (Å²) in [5.74, 6) is 0.228. The van der Waals surface area contributed by atoms with Crippen LogP contribution in [0.1, 0.15) is 31.0 Å². The topological polar surface area (TPSA) is 77.4 Å². The van der Waals surface area contributed by atoms with Gasteiger partial charge in [-0.25, -0.2) is 9.18 Å². The van der Waals surface area contributed by atoms with Crippen LogP contribution >= 0.6 is 0 Å². The zero-order valence-electron chi connectivity index (χ0n) is 16.3. The average molecular weight is 384 g/mol. The fourth-order valence-corrected chi connectivity index (χ4v) is 3.04. The zero-order chi connectivity index (χ0) is 20.5. The van der Waals surface area contributed by atoms with Gasteiger partial charge in [0.15, 0.2) is 0 Å². The number of anilines is 1. The molecule has 0 fully saturated rings. The Morgan fingerprint density at radius 3 is 2.64 bits per heavy atom. The third-order valence-electron chi connectivity index (χ3n) is 4.54. The Balaban J connectivity index is 2.12. The number of ether oxygens (including phenoxy) is 1. The quantitative estimate of drug-likeness (QED) is 0.723. The van der Waals surface area contributed by atoms with Gasteiger partial charge in [0.25, 0.3) is 0 Å². The molecule has 0 heterocycles. The first-order valence-corrected chi connectivity index (χ1v) is 9.14. The van der Waals surface area contributed by atoms with Gasteiger partial charge in [-0.05, 0) is 49.0 Å². The molecule has 2 amide bonds. The number of hydrogen-bond donors (Lipinski definition) is 2. The second-order valence-corrected chi connectivity index (χ2v) is 6.15. The van der Waals surface area contributed by atoms with E-state index < -0.39 is 11.8 Å². The molecule has 0 spiro atoms. The molecule has 1 atom stereocenters. The maximum atomic E-state index is 13.2. The first-order chi connectivity index (χ1) is 13.5.